The number of imidazole rings is 1. The second-order valence-corrected chi connectivity index (χ2v) is 3.51. The van der Waals surface area contributed by atoms with Gasteiger partial charge in [0.2, 0.25) is 0 Å². The normalized spacial score (nSPS) is 10.2. The summed E-state index contributed by atoms with van der Waals surface area (Å²) in [6.07, 6.45) is 5.06. The van der Waals surface area contributed by atoms with E-state index in [1.165, 1.54) is 6.20 Å². The molecule has 0 spiro atoms. The maximum atomic E-state index is 10.6. The Kier molecular flexibility index (Phi) is 2.83. The Morgan fingerprint density at radius 2 is 2.13 bits per heavy atom. The second kappa shape index (κ2) is 4.28. The van der Waals surface area contributed by atoms with Crippen molar-refractivity contribution in [2.24, 2.45) is 0 Å². The van der Waals surface area contributed by atoms with Crippen LogP contribution in [0.2, 0.25) is 5.02 Å². The maximum Gasteiger partial charge on any atom is 0.185 e. The predicted octanol–water partition coefficient (Wildman–Crippen LogP) is 2.20. The summed E-state index contributed by atoms with van der Waals surface area (Å²) in [7, 11) is 0. The van der Waals surface area contributed by atoms with Gasteiger partial charge in [-0.15, -0.1) is 0 Å². The lowest BCUT2D eigenvalue weighted by molar-refractivity contribution is 0.111. The first-order chi connectivity index (χ1) is 7.29. The molecule has 1 radical (unpaired) electrons. The van der Waals surface area contributed by atoms with Crippen LogP contribution < -0.4 is 0 Å². The highest BCUT2D eigenvalue weighted by Gasteiger charge is 2.01. The lowest BCUT2D eigenvalue weighted by Crippen LogP contribution is -2.03. The fraction of sp³-hybridized carbons (Fsp3) is 0.0909. The Balaban J connectivity index is 2.21. The van der Waals surface area contributed by atoms with Crippen LogP contribution in [0.5, 0.6) is 0 Å². The SMILES string of the molecule is O=Cc1nc[c]n1Cc1ccc(Cl)cc1. The van der Waals surface area contributed by atoms with E-state index in [0.717, 1.165) is 5.56 Å². The largest absolute Gasteiger partial charge is 0.316 e. The van der Waals surface area contributed by atoms with E-state index in [-0.39, 0.29) is 0 Å². The molecule has 1 aromatic carbocycles. The third-order valence-corrected chi connectivity index (χ3v) is 2.30. The molecular formula is C11H8ClN2O. The molecule has 1 heterocycles. The number of carbonyl (C=O) groups is 1. The van der Waals surface area contributed by atoms with Crippen molar-refractivity contribution in [3.8, 4) is 0 Å². The molecule has 1 aromatic heterocycles. The summed E-state index contributed by atoms with van der Waals surface area (Å²) >= 11 is 5.77. The van der Waals surface area contributed by atoms with E-state index in [4.69, 9.17) is 11.6 Å². The number of hydrogen-bond acceptors (Lipinski definition) is 2. The van der Waals surface area contributed by atoms with Crippen molar-refractivity contribution >= 4 is 17.9 Å². The van der Waals surface area contributed by atoms with Crippen molar-refractivity contribution in [3.63, 3.8) is 0 Å². The van der Waals surface area contributed by atoms with E-state index >= 15 is 0 Å². The van der Waals surface area contributed by atoms with E-state index in [1.807, 2.05) is 24.3 Å². The number of nitrogens with zero attached hydrogens (tertiary/aromatic N) is 2. The maximum absolute atomic E-state index is 10.6. The monoisotopic (exact) mass is 219 g/mol. The second-order valence-electron chi connectivity index (χ2n) is 3.08. The summed E-state index contributed by atoms with van der Waals surface area (Å²) in [5, 5.41) is 0.698. The fourth-order valence-electron chi connectivity index (χ4n) is 1.29. The van der Waals surface area contributed by atoms with E-state index in [9.17, 15) is 4.79 Å². The first-order valence-electron chi connectivity index (χ1n) is 4.42. The van der Waals surface area contributed by atoms with Gasteiger partial charge in [-0.2, -0.15) is 0 Å². The van der Waals surface area contributed by atoms with E-state index in [1.54, 1.807) is 4.57 Å². The number of benzene rings is 1. The molecule has 0 fully saturated rings. The van der Waals surface area contributed by atoms with Crippen molar-refractivity contribution in [1.29, 1.82) is 0 Å². The third-order valence-electron chi connectivity index (χ3n) is 2.05. The van der Waals surface area contributed by atoms with Crippen LogP contribution in [0, 0.1) is 6.20 Å². The molecule has 0 aliphatic rings. The zero-order chi connectivity index (χ0) is 10.7. The Labute approximate surface area is 92.3 Å². The molecule has 0 saturated carbocycles. The summed E-state index contributed by atoms with van der Waals surface area (Å²) in [5.41, 5.74) is 1.05. The minimum atomic E-state index is 0.380. The lowest BCUT2D eigenvalue weighted by atomic mass is 10.2. The summed E-state index contributed by atoms with van der Waals surface area (Å²) in [6.45, 7) is 0.575. The number of hydrogen-bond donors (Lipinski definition) is 0. The Morgan fingerprint density at radius 1 is 1.40 bits per heavy atom. The molecular weight excluding hydrogens is 212 g/mol. The summed E-state index contributed by atoms with van der Waals surface area (Å²) < 4.78 is 1.66. The highest BCUT2D eigenvalue weighted by atomic mass is 35.5. The molecule has 15 heavy (non-hydrogen) atoms. The van der Waals surface area contributed by atoms with Gasteiger partial charge < -0.3 is 4.57 Å². The van der Waals surface area contributed by atoms with Gasteiger partial charge in [0.25, 0.3) is 0 Å². The minimum absolute atomic E-state index is 0.380. The smallest absolute Gasteiger partial charge is 0.185 e. The van der Waals surface area contributed by atoms with Crippen LogP contribution in [0.25, 0.3) is 0 Å². The molecule has 4 heteroatoms. The predicted molar refractivity (Wildman–Crippen MR) is 57.0 cm³/mol. The number of carbonyl (C=O) groups excluding carboxylic acids is 1. The van der Waals surface area contributed by atoms with Gasteiger partial charge in [0, 0.05) is 11.6 Å². The van der Waals surface area contributed by atoms with Crippen LogP contribution in [-0.2, 0) is 6.54 Å². The van der Waals surface area contributed by atoms with Gasteiger partial charge in [-0.05, 0) is 17.7 Å². The molecule has 0 aliphatic heterocycles. The minimum Gasteiger partial charge on any atom is -0.316 e. The number of aldehydes is 1. The van der Waals surface area contributed by atoms with Crippen molar-refractivity contribution in [2.45, 2.75) is 6.54 Å². The summed E-state index contributed by atoms with van der Waals surface area (Å²) in [6, 6.07) is 7.44. The van der Waals surface area contributed by atoms with Gasteiger partial charge in [-0.25, -0.2) is 4.98 Å². The molecule has 75 valence electrons. The zero-order valence-electron chi connectivity index (χ0n) is 7.85. The highest BCUT2D eigenvalue weighted by molar-refractivity contribution is 6.30. The molecule has 0 N–H and O–H groups in total. The average molecular weight is 220 g/mol. The summed E-state index contributed by atoms with van der Waals surface area (Å²) in [4.78, 5) is 14.5. The van der Waals surface area contributed by atoms with Crippen LogP contribution in [0.3, 0.4) is 0 Å². The van der Waals surface area contributed by atoms with Crippen molar-refractivity contribution < 1.29 is 4.79 Å². The molecule has 0 amide bonds. The van der Waals surface area contributed by atoms with Crippen LogP contribution in [-0.4, -0.2) is 15.8 Å². The van der Waals surface area contributed by atoms with Gasteiger partial charge in [0.15, 0.2) is 12.1 Å². The van der Waals surface area contributed by atoms with Gasteiger partial charge in [-0.3, -0.25) is 4.79 Å². The molecule has 0 bridgehead atoms. The standard InChI is InChI=1S/C11H8ClN2O/c12-10-3-1-9(2-4-10)7-14-6-5-13-11(14)8-15/h1-5,8H,7H2. The van der Waals surface area contributed by atoms with Gasteiger partial charge in [0.1, 0.15) is 0 Å². The number of rotatable bonds is 3. The third kappa shape index (κ3) is 2.25. The summed E-state index contributed by atoms with van der Waals surface area (Å²) in [5.74, 6) is 0.380. The van der Waals surface area contributed by atoms with Gasteiger partial charge >= 0.3 is 0 Å². The first kappa shape index (κ1) is 9.93. The van der Waals surface area contributed by atoms with Crippen LogP contribution in [0.15, 0.2) is 30.5 Å². The zero-order valence-corrected chi connectivity index (χ0v) is 8.61. The Hall–Kier alpha value is -1.61. The number of halogens is 1. The topological polar surface area (TPSA) is 34.9 Å². The van der Waals surface area contributed by atoms with Crippen molar-refractivity contribution in [1.82, 2.24) is 9.55 Å². The van der Waals surface area contributed by atoms with Crippen molar-refractivity contribution in [3.05, 3.63) is 53.1 Å². The molecule has 0 atom stereocenters. The van der Waals surface area contributed by atoms with E-state index in [0.29, 0.717) is 23.7 Å². The van der Waals surface area contributed by atoms with Crippen molar-refractivity contribution in [2.75, 3.05) is 0 Å². The molecule has 2 aromatic rings. The average Bonchev–Trinajstić information content (AvgIpc) is 2.69. The molecule has 0 unspecified atom stereocenters. The molecule has 2 rings (SSSR count). The molecule has 0 aliphatic carbocycles. The van der Waals surface area contributed by atoms with Crippen LogP contribution >= 0.6 is 11.6 Å². The lowest BCUT2D eigenvalue weighted by Gasteiger charge is -2.03. The first-order valence-corrected chi connectivity index (χ1v) is 4.80. The molecule has 3 nitrogen and oxygen atoms in total. The number of aromatic nitrogens is 2. The Morgan fingerprint density at radius 3 is 2.80 bits per heavy atom. The van der Waals surface area contributed by atoms with E-state index < -0.39 is 0 Å². The van der Waals surface area contributed by atoms with Crippen LogP contribution in [0.4, 0.5) is 0 Å². The van der Waals surface area contributed by atoms with Gasteiger partial charge in [-0.1, -0.05) is 23.7 Å². The Bertz CT molecular complexity index is 462. The quantitative estimate of drug-likeness (QED) is 0.742. The molecule has 0 saturated heterocycles. The van der Waals surface area contributed by atoms with Gasteiger partial charge in [0.05, 0.1) is 12.4 Å². The van der Waals surface area contributed by atoms with Crippen LogP contribution in [0.1, 0.15) is 16.2 Å². The fourth-order valence-corrected chi connectivity index (χ4v) is 1.42. The van der Waals surface area contributed by atoms with E-state index in [2.05, 4.69) is 11.2 Å². The highest BCUT2D eigenvalue weighted by Crippen LogP contribution is 2.10.